The van der Waals surface area contributed by atoms with Crippen molar-refractivity contribution in [3.63, 3.8) is 0 Å². The normalized spacial score (nSPS) is 10.5. The Balaban J connectivity index is 1.75. The van der Waals surface area contributed by atoms with E-state index in [0.29, 0.717) is 17.2 Å². The Morgan fingerprint density at radius 2 is 1.93 bits per heavy atom. The van der Waals surface area contributed by atoms with E-state index < -0.39 is 10.9 Å². The van der Waals surface area contributed by atoms with E-state index in [-0.39, 0.29) is 17.9 Å². The van der Waals surface area contributed by atoms with Gasteiger partial charge in [0.25, 0.3) is 5.69 Å². The zero-order valence-electron chi connectivity index (χ0n) is 16.4. The number of hydrogen-bond donors (Lipinski definition) is 0. The SMILES string of the molecule is COc1ccc(-c2nc(COC(=O)c3cc(SC)ccc3[N+](=O)[O-])cs2)cc1OC. The van der Waals surface area contributed by atoms with Crippen LogP contribution in [-0.2, 0) is 11.3 Å². The van der Waals surface area contributed by atoms with Crippen LogP contribution in [0.3, 0.4) is 0 Å². The molecule has 0 unspecified atom stereocenters. The van der Waals surface area contributed by atoms with Gasteiger partial charge < -0.3 is 14.2 Å². The fraction of sp³-hybridized carbons (Fsp3) is 0.200. The van der Waals surface area contributed by atoms with Crippen molar-refractivity contribution in [1.82, 2.24) is 4.98 Å². The minimum absolute atomic E-state index is 0.0813. The maximum atomic E-state index is 12.5. The molecule has 0 saturated carbocycles. The average Bonchev–Trinajstić information content (AvgIpc) is 3.25. The Kier molecular flexibility index (Phi) is 6.91. The summed E-state index contributed by atoms with van der Waals surface area (Å²) in [6, 6.07) is 9.81. The molecule has 0 bridgehead atoms. The van der Waals surface area contributed by atoms with Crippen LogP contribution >= 0.6 is 23.1 Å². The van der Waals surface area contributed by atoms with E-state index in [9.17, 15) is 14.9 Å². The largest absolute Gasteiger partial charge is 0.493 e. The molecule has 0 N–H and O–H groups in total. The van der Waals surface area contributed by atoms with Gasteiger partial charge in [-0.15, -0.1) is 23.1 Å². The zero-order chi connectivity index (χ0) is 21.7. The first-order valence-electron chi connectivity index (χ1n) is 8.63. The first-order valence-corrected chi connectivity index (χ1v) is 10.7. The topological polar surface area (TPSA) is 101 Å². The number of nitro groups is 1. The first-order chi connectivity index (χ1) is 14.5. The van der Waals surface area contributed by atoms with Crippen LogP contribution < -0.4 is 9.47 Å². The van der Waals surface area contributed by atoms with E-state index in [2.05, 4.69) is 4.98 Å². The fourth-order valence-corrected chi connectivity index (χ4v) is 3.90. The van der Waals surface area contributed by atoms with Crippen LogP contribution in [0.25, 0.3) is 10.6 Å². The lowest BCUT2D eigenvalue weighted by Gasteiger charge is -2.08. The highest BCUT2D eigenvalue weighted by Crippen LogP contribution is 2.33. The lowest BCUT2D eigenvalue weighted by molar-refractivity contribution is -0.385. The molecule has 2 aromatic carbocycles. The highest BCUT2D eigenvalue weighted by atomic mass is 32.2. The van der Waals surface area contributed by atoms with E-state index in [1.807, 2.05) is 18.4 Å². The van der Waals surface area contributed by atoms with Crippen LogP contribution in [0.1, 0.15) is 16.1 Å². The van der Waals surface area contributed by atoms with Crippen molar-refractivity contribution in [2.45, 2.75) is 11.5 Å². The van der Waals surface area contributed by atoms with Crippen molar-refractivity contribution in [3.8, 4) is 22.1 Å². The van der Waals surface area contributed by atoms with Gasteiger partial charge in [-0.05, 0) is 36.6 Å². The Bertz CT molecular complexity index is 1080. The molecule has 0 saturated heterocycles. The molecule has 3 rings (SSSR count). The molecule has 1 heterocycles. The Labute approximate surface area is 181 Å². The molecule has 10 heteroatoms. The van der Waals surface area contributed by atoms with Crippen LogP contribution in [0.5, 0.6) is 11.5 Å². The molecular formula is C20H18N2O6S2. The van der Waals surface area contributed by atoms with Crippen LogP contribution in [0, 0.1) is 10.1 Å². The molecular weight excluding hydrogens is 428 g/mol. The third kappa shape index (κ3) is 4.71. The molecule has 1 aromatic heterocycles. The fourth-order valence-electron chi connectivity index (χ4n) is 2.66. The number of carbonyl (C=O) groups excluding carboxylic acids is 1. The lowest BCUT2D eigenvalue weighted by Crippen LogP contribution is -2.08. The second kappa shape index (κ2) is 9.59. The van der Waals surface area contributed by atoms with Gasteiger partial charge >= 0.3 is 5.97 Å². The van der Waals surface area contributed by atoms with Gasteiger partial charge in [0.05, 0.1) is 24.8 Å². The summed E-state index contributed by atoms with van der Waals surface area (Å²) in [6.45, 7) is -0.0940. The number of ether oxygens (including phenoxy) is 3. The predicted molar refractivity (Wildman–Crippen MR) is 115 cm³/mol. The summed E-state index contributed by atoms with van der Waals surface area (Å²) < 4.78 is 15.8. The average molecular weight is 447 g/mol. The third-order valence-corrected chi connectivity index (χ3v) is 5.82. The summed E-state index contributed by atoms with van der Waals surface area (Å²) >= 11 is 2.77. The molecule has 0 fully saturated rings. The summed E-state index contributed by atoms with van der Waals surface area (Å²) in [5, 5.41) is 13.7. The number of methoxy groups -OCH3 is 2. The first kappa shape index (κ1) is 21.6. The van der Waals surface area contributed by atoms with Gasteiger partial charge in [-0.25, -0.2) is 9.78 Å². The molecule has 30 heavy (non-hydrogen) atoms. The molecule has 156 valence electrons. The molecule has 0 amide bonds. The number of carbonyl (C=O) groups is 1. The van der Waals surface area contributed by atoms with Gasteiger partial charge in [-0.3, -0.25) is 10.1 Å². The monoisotopic (exact) mass is 446 g/mol. The number of esters is 1. The van der Waals surface area contributed by atoms with Crippen molar-refractivity contribution in [2.75, 3.05) is 20.5 Å². The second-order valence-electron chi connectivity index (χ2n) is 5.93. The molecule has 0 radical (unpaired) electrons. The maximum Gasteiger partial charge on any atom is 0.345 e. The Hall–Kier alpha value is -3.11. The Morgan fingerprint density at radius 1 is 1.17 bits per heavy atom. The quantitative estimate of drug-likeness (QED) is 0.210. The Morgan fingerprint density at radius 3 is 2.60 bits per heavy atom. The number of aromatic nitrogens is 1. The van der Waals surface area contributed by atoms with E-state index in [0.717, 1.165) is 15.5 Å². The molecule has 0 aliphatic heterocycles. The summed E-state index contributed by atoms with van der Waals surface area (Å²) in [5.41, 5.74) is 1.00. The van der Waals surface area contributed by atoms with Crippen molar-refractivity contribution in [3.05, 3.63) is 63.1 Å². The van der Waals surface area contributed by atoms with E-state index in [1.54, 1.807) is 31.7 Å². The zero-order valence-corrected chi connectivity index (χ0v) is 18.0. The lowest BCUT2D eigenvalue weighted by atomic mass is 10.2. The molecule has 8 nitrogen and oxygen atoms in total. The van der Waals surface area contributed by atoms with Gasteiger partial charge in [0, 0.05) is 21.9 Å². The van der Waals surface area contributed by atoms with Gasteiger partial charge in [0.2, 0.25) is 0 Å². The molecule has 0 aliphatic rings. The van der Waals surface area contributed by atoms with E-state index in [1.165, 1.54) is 35.2 Å². The minimum atomic E-state index is -0.765. The van der Waals surface area contributed by atoms with Crippen LogP contribution in [0.15, 0.2) is 46.7 Å². The highest BCUT2D eigenvalue weighted by Gasteiger charge is 2.22. The molecule has 0 spiro atoms. The van der Waals surface area contributed by atoms with Crippen LogP contribution in [-0.4, -0.2) is 36.4 Å². The molecule has 0 aliphatic carbocycles. The number of rotatable bonds is 8. The summed E-state index contributed by atoms with van der Waals surface area (Å²) in [6.07, 6.45) is 1.82. The standard InChI is InChI=1S/C20H18N2O6S2/c1-26-17-7-4-12(8-18(17)27-2)19-21-13(11-30-19)10-28-20(23)15-9-14(29-3)5-6-16(15)22(24)25/h4-9,11H,10H2,1-3H3. The minimum Gasteiger partial charge on any atom is -0.493 e. The van der Waals surface area contributed by atoms with E-state index >= 15 is 0 Å². The van der Waals surface area contributed by atoms with Crippen molar-refractivity contribution < 1.29 is 23.9 Å². The predicted octanol–water partition coefficient (Wildman–Crippen LogP) is 4.81. The molecule has 0 atom stereocenters. The van der Waals surface area contributed by atoms with Crippen LogP contribution in [0.4, 0.5) is 5.69 Å². The third-order valence-electron chi connectivity index (χ3n) is 4.15. The van der Waals surface area contributed by atoms with Crippen LogP contribution in [0.2, 0.25) is 0 Å². The number of benzene rings is 2. The smallest absolute Gasteiger partial charge is 0.345 e. The maximum absolute atomic E-state index is 12.5. The van der Waals surface area contributed by atoms with Crippen molar-refractivity contribution in [1.29, 1.82) is 0 Å². The van der Waals surface area contributed by atoms with Crippen molar-refractivity contribution in [2.24, 2.45) is 0 Å². The second-order valence-corrected chi connectivity index (χ2v) is 7.67. The highest BCUT2D eigenvalue weighted by molar-refractivity contribution is 7.98. The van der Waals surface area contributed by atoms with Gasteiger partial charge in [-0.2, -0.15) is 0 Å². The van der Waals surface area contributed by atoms with Gasteiger partial charge in [0.1, 0.15) is 17.2 Å². The van der Waals surface area contributed by atoms with Gasteiger partial charge in [0.15, 0.2) is 11.5 Å². The summed E-state index contributed by atoms with van der Waals surface area (Å²) in [7, 11) is 3.12. The summed E-state index contributed by atoms with van der Waals surface area (Å²) in [4.78, 5) is 28.3. The number of thioether (sulfide) groups is 1. The number of hydrogen-bond acceptors (Lipinski definition) is 9. The number of nitrogens with zero attached hydrogens (tertiary/aromatic N) is 2. The van der Waals surface area contributed by atoms with Gasteiger partial charge in [-0.1, -0.05) is 0 Å². The van der Waals surface area contributed by atoms with Crippen molar-refractivity contribution >= 4 is 34.8 Å². The number of thiazole rings is 1. The molecule has 3 aromatic rings. The summed E-state index contributed by atoms with van der Waals surface area (Å²) in [5.74, 6) is 0.429. The van der Waals surface area contributed by atoms with E-state index in [4.69, 9.17) is 14.2 Å². The number of nitro benzene ring substituents is 1.